The summed E-state index contributed by atoms with van der Waals surface area (Å²) in [5.41, 5.74) is 1.42. The van der Waals surface area contributed by atoms with Gasteiger partial charge in [0.15, 0.2) is 0 Å². The van der Waals surface area contributed by atoms with E-state index in [0.717, 1.165) is 12.8 Å². The summed E-state index contributed by atoms with van der Waals surface area (Å²) in [4.78, 5) is 1.97. The Morgan fingerprint density at radius 3 is 1.86 bits per heavy atom. The van der Waals surface area contributed by atoms with Crippen molar-refractivity contribution in [3.8, 4) is 0 Å². The summed E-state index contributed by atoms with van der Waals surface area (Å²) in [6.45, 7) is 7.00. The van der Waals surface area contributed by atoms with Gasteiger partial charge in [0.05, 0.1) is 0 Å². The zero-order chi connectivity index (χ0) is 20.8. The molecule has 0 aliphatic carbocycles. The number of ether oxygens (including phenoxy) is 1. The Hall–Kier alpha value is -0.291. The van der Waals surface area contributed by atoms with Crippen LogP contribution in [-0.2, 0) is 11.2 Å². The first kappa shape index (κ1) is 25.7. The van der Waals surface area contributed by atoms with Crippen molar-refractivity contribution in [1.82, 2.24) is 4.90 Å². The van der Waals surface area contributed by atoms with Gasteiger partial charge in [-0.2, -0.15) is 0 Å². The molecule has 160 valence electrons. The fourth-order valence-corrected chi connectivity index (χ4v) is 21.6. The zero-order valence-electron chi connectivity index (χ0n) is 19.0. The fraction of sp³-hybridized carbons (Fsp3) is 0.708. The molecule has 0 bridgehead atoms. The average molecular weight is 512 g/mol. The molecule has 1 unspecified atom stereocenters. The Bertz CT molecular complexity index is 513. The predicted octanol–water partition coefficient (Wildman–Crippen LogP) is 7.24. The average Bonchev–Trinajstić information content (AvgIpc) is 2.71. The van der Waals surface area contributed by atoms with Gasteiger partial charge in [-0.1, -0.05) is 0 Å². The predicted molar refractivity (Wildman–Crippen MR) is 131 cm³/mol. The van der Waals surface area contributed by atoms with E-state index in [1.807, 2.05) is 19.0 Å². The number of aryl methyl sites for hydroxylation is 1. The van der Waals surface area contributed by atoms with Crippen molar-refractivity contribution in [2.24, 2.45) is 0 Å². The van der Waals surface area contributed by atoms with E-state index in [9.17, 15) is 0 Å². The first-order valence-electron chi connectivity index (χ1n) is 11.4. The Morgan fingerprint density at radius 2 is 1.43 bits per heavy atom. The van der Waals surface area contributed by atoms with Crippen molar-refractivity contribution >= 4 is 35.8 Å². The third kappa shape index (κ3) is 9.02. The van der Waals surface area contributed by atoms with Crippen LogP contribution in [0.4, 0.5) is 0 Å². The number of unbranched alkanes of at least 4 members (excludes halogenated alkanes) is 3. The van der Waals surface area contributed by atoms with E-state index >= 15 is 0 Å². The van der Waals surface area contributed by atoms with Crippen molar-refractivity contribution in [3.05, 3.63) is 35.9 Å². The molecule has 0 fully saturated rings. The van der Waals surface area contributed by atoms with Crippen LogP contribution in [0, 0.1) is 0 Å². The summed E-state index contributed by atoms with van der Waals surface area (Å²) >= 11 is 3.11. The maximum atomic E-state index is 6.64. The molecule has 28 heavy (non-hydrogen) atoms. The van der Waals surface area contributed by atoms with E-state index in [4.69, 9.17) is 17.0 Å². The third-order valence-corrected chi connectivity index (χ3v) is 23.0. The van der Waals surface area contributed by atoms with Gasteiger partial charge < -0.3 is 0 Å². The van der Waals surface area contributed by atoms with Gasteiger partial charge in [0.2, 0.25) is 0 Å². The van der Waals surface area contributed by atoms with E-state index in [2.05, 4.69) is 51.1 Å². The van der Waals surface area contributed by atoms with Crippen LogP contribution in [-0.4, -0.2) is 46.7 Å². The van der Waals surface area contributed by atoms with Crippen LogP contribution in [0.3, 0.4) is 0 Å². The summed E-state index contributed by atoms with van der Waals surface area (Å²) in [5.74, 6) is 0. The van der Waals surface area contributed by atoms with Crippen molar-refractivity contribution in [3.63, 3.8) is 0 Å². The molecular formula is C24H43NOSSn. The number of thiocarbonyl (C=S) groups is 1. The molecule has 4 heteroatoms. The van der Waals surface area contributed by atoms with Crippen LogP contribution < -0.4 is 0 Å². The zero-order valence-corrected chi connectivity index (χ0v) is 22.7. The quantitative estimate of drug-likeness (QED) is 0.193. The first-order chi connectivity index (χ1) is 13.5. The van der Waals surface area contributed by atoms with Crippen LogP contribution in [0.15, 0.2) is 30.3 Å². The van der Waals surface area contributed by atoms with Gasteiger partial charge in [-0.05, 0) is 0 Å². The molecule has 0 aromatic heterocycles. The van der Waals surface area contributed by atoms with Crippen molar-refractivity contribution in [2.45, 2.75) is 89.6 Å². The number of hydrogen-bond donors (Lipinski definition) is 0. The second-order valence-electron chi connectivity index (χ2n) is 8.46. The van der Waals surface area contributed by atoms with Crippen LogP contribution in [0.2, 0.25) is 13.3 Å². The van der Waals surface area contributed by atoms with Gasteiger partial charge in [-0.15, -0.1) is 0 Å². The SMILES string of the molecule is CCC[CH2][Sn]([CH2]CCC)([CH2]CCC)[CH](CCc1ccccc1)OC(=S)N(C)C. The topological polar surface area (TPSA) is 12.5 Å². The van der Waals surface area contributed by atoms with E-state index in [1.54, 1.807) is 0 Å². The molecule has 0 heterocycles. The standard InChI is InChI=1S/C12H16NOS.3C4H9.Sn/c1-13(2)12(15)14-10-6-9-11-7-4-3-5-8-11;3*1-3-4-2;/h3-5,7-8,10H,6,9H2,1-2H3;3*1,3-4H2,2H3;. The fourth-order valence-electron chi connectivity index (χ4n) is 4.10. The molecule has 0 N–H and O–H groups in total. The molecule has 2 nitrogen and oxygen atoms in total. The molecule has 0 aliphatic heterocycles. The first-order valence-corrected chi connectivity index (χ1v) is 19.5. The van der Waals surface area contributed by atoms with Crippen LogP contribution in [0.1, 0.15) is 71.3 Å². The van der Waals surface area contributed by atoms with Crippen molar-refractivity contribution in [2.75, 3.05) is 14.1 Å². The van der Waals surface area contributed by atoms with Gasteiger partial charge in [-0.25, -0.2) is 0 Å². The van der Waals surface area contributed by atoms with E-state index in [1.165, 1.54) is 57.4 Å². The Kier molecular flexibility index (Phi) is 13.5. The molecule has 0 saturated heterocycles. The monoisotopic (exact) mass is 513 g/mol. The molecule has 0 saturated carbocycles. The number of rotatable bonds is 14. The van der Waals surface area contributed by atoms with E-state index in [-0.39, 0.29) is 0 Å². The summed E-state index contributed by atoms with van der Waals surface area (Å²) in [6.07, 6.45) is 10.2. The molecule has 1 atom stereocenters. The van der Waals surface area contributed by atoms with Gasteiger partial charge in [0.25, 0.3) is 0 Å². The molecule has 1 aromatic rings. The van der Waals surface area contributed by atoms with Crippen LogP contribution >= 0.6 is 12.2 Å². The Balaban J connectivity index is 3.12. The number of nitrogens with zero attached hydrogens (tertiary/aromatic N) is 1. The summed E-state index contributed by atoms with van der Waals surface area (Å²) in [6, 6.07) is 10.9. The van der Waals surface area contributed by atoms with Gasteiger partial charge >= 0.3 is 185 Å². The molecular weight excluding hydrogens is 469 g/mol. The van der Waals surface area contributed by atoms with Gasteiger partial charge in [-0.3, -0.25) is 0 Å². The van der Waals surface area contributed by atoms with Gasteiger partial charge in [0, 0.05) is 0 Å². The summed E-state index contributed by atoms with van der Waals surface area (Å²) in [7, 11) is 4.02. The van der Waals surface area contributed by atoms with Crippen LogP contribution in [0.5, 0.6) is 0 Å². The normalized spacial score (nSPS) is 12.6. The number of benzene rings is 1. The van der Waals surface area contributed by atoms with Crippen molar-refractivity contribution in [1.29, 1.82) is 0 Å². The third-order valence-electron chi connectivity index (χ3n) is 5.91. The second-order valence-corrected chi connectivity index (χ2v) is 22.7. The summed E-state index contributed by atoms with van der Waals surface area (Å²) < 4.78 is 11.4. The Morgan fingerprint density at radius 1 is 0.929 bits per heavy atom. The minimum absolute atomic E-state index is 0.397. The number of hydrogen-bond acceptors (Lipinski definition) is 2. The molecule has 0 spiro atoms. The Labute approximate surface area is 184 Å². The molecule has 0 aliphatic rings. The molecule has 0 amide bonds. The maximum absolute atomic E-state index is 6.64. The molecule has 0 radical (unpaired) electrons. The van der Waals surface area contributed by atoms with E-state index < -0.39 is 18.4 Å². The van der Waals surface area contributed by atoms with Gasteiger partial charge in [0.1, 0.15) is 0 Å². The van der Waals surface area contributed by atoms with Crippen molar-refractivity contribution < 1.29 is 4.74 Å². The summed E-state index contributed by atoms with van der Waals surface area (Å²) in [5, 5.41) is 0.684. The van der Waals surface area contributed by atoms with Crippen LogP contribution in [0.25, 0.3) is 0 Å². The van der Waals surface area contributed by atoms with E-state index in [0.29, 0.717) is 9.29 Å². The molecule has 1 rings (SSSR count). The minimum atomic E-state index is -2.52. The molecule has 1 aromatic carbocycles. The second kappa shape index (κ2) is 14.7.